The summed E-state index contributed by atoms with van der Waals surface area (Å²) < 4.78 is 0.963. The maximum atomic E-state index is 12.5. The van der Waals surface area contributed by atoms with Gasteiger partial charge in [0, 0.05) is 28.5 Å². The summed E-state index contributed by atoms with van der Waals surface area (Å²) in [4.78, 5) is 14.5. The van der Waals surface area contributed by atoms with Crippen LogP contribution in [0.4, 0.5) is 0 Å². The van der Waals surface area contributed by atoms with Crippen LogP contribution in [0.1, 0.15) is 28.8 Å². The van der Waals surface area contributed by atoms with Gasteiger partial charge < -0.3 is 4.90 Å². The van der Waals surface area contributed by atoms with Crippen LogP contribution in [0.15, 0.2) is 22.7 Å². The van der Waals surface area contributed by atoms with Crippen molar-refractivity contribution in [1.82, 2.24) is 4.90 Å². The Morgan fingerprint density at radius 2 is 2.28 bits per heavy atom. The molecule has 1 aromatic carbocycles. The van der Waals surface area contributed by atoms with Crippen LogP contribution in [0.3, 0.4) is 0 Å². The van der Waals surface area contributed by atoms with Crippen molar-refractivity contribution < 1.29 is 4.79 Å². The van der Waals surface area contributed by atoms with E-state index >= 15 is 0 Å². The highest BCUT2D eigenvalue weighted by molar-refractivity contribution is 9.10. The van der Waals surface area contributed by atoms with Crippen molar-refractivity contribution in [2.24, 2.45) is 5.92 Å². The molecule has 98 valence electrons. The number of carbonyl (C=O) groups excluding carboxylic acids is 1. The fourth-order valence-electron chi connectivity index (χ4n) is 2.37. The molecule has 1 amide bonds. The van der Waals surface area contributed by atoms with Crippen LogP contribution in [-0.2, 0) is 0 Å². The molecule has 18 heavy (non-hydrogen) atoms. The number of alkyl halides is 1. The van der Waals surface area contributed by atoms with E-state index in [1.54, 1.807) is 0 Å². The Labute approximate surface area is 125 Å². The molecule has 1 aliphatic heterocycles. The summed E-state index contributed by atoms with van der Waals surface area (Å²) in [6, 6.07) is 5.89. The quantitative estimate of drug-likeness (QED) is 0.716. The molecule has 1 aliphatic rings. The Bertz CT molecular complexity index is 447. The number of piperidine rings is 1. The predicted molar refractivity (Wildman–Crippen MR) is 81.3 cm³/mol. The predicted octanol–water partition coefficient (Wildman–Crippen LogP) is 4.00. The van der Waals surface area contributed by atoms with Gasteiger partial charge in [-0.15, -0.1) is 0 Å². The molecule has 1 fully saturated rings. The van der Waals surface area contributed by atoms with Crippen LogP contribution in [0.25, 0.3) is 0 Å². The number of rotatable bonds is 2. The average Bonchev–Trinajstić information content (AvgIpc) is 2.41. The molecule has 1 unspecified atom stereocenters. The first kappa shape index (κ1) is 14.1. The Hall–Kier alpha value is -0.350. The van der Waals surface area contributed by atoms with Crippen molar-refractivity contribution in [1.29, 1.82) is 0 Å². The molecule has 4 heteroatoms. The van der Waals surface area contributed by atoms with E-state index in [1.165, 1.54) is 6.42 Å². The Morgan fingerprint density at radius 3 is 3.00 bits per heavy atom. The molecule has 0 aromatic heterocycles. The number of halogens is 2. The van der Waals surface area contributed by atoms with Gasteiger partial charge in [-0.2, -0.15) is 0 Å². The van der Waals surface area contributed by atoms with Gasteiger partial charge in [0.05, 0.1) is 0 Å². The van der Waals surface area contributed by atoms with Gasteiger partial charge in [-0.25, -0.2) is 0 Å². The van der Waals surface area contributed by atoms with Crippen molar-refractivity contribution in [3.05, 3.63) is 33.8 Å². The van der Waals surface area contributed by atoms with Crippen LogP contribution >= 0.6 is 31.9 Å². The number of carbonyl (C=O) groups is 1. The number of benzene rings is 1. The molecule has 1 saturated heterocycles. The molecule has 1 aromatic rings. The van der Waals surface area contributed by atoms with E-state index in [-0.39, 0.29) is 5.91 Å². The minimum absolute atomic E-state index is 0.166. The van der Waals surface area contributed by atoms with Crippen LogP contribution in [-0.4, -0.2) is 29.2 Å². The monoisotopic (exact) mass is 373 g/mol. The maximum Gasteiger partial charge on any atom is 0.254 e. The lowest BCUT2D eigenvalue weighted by molar-refractivity contribution is 0.0685. The van der Waals surface area contributed by atoms with Crippen molar-refractivity contribution >= 4 is 37.8 Å². The van der Waals surface area contributed by atoms with Crippen molar-refractivity contribution in [3.63, 3.8) is 0 Å². The highest BCUT2D eigenvalue weighted by atomic mass is 79.9. The number of likely N-dealkylation sites (tertiary alicyclic amines) is 1. The summed E-state index contributed by atoms with van der Waals surface area (Å²) in [5.74, 6) is 0.759. The van der Waals surface area contributed by atoms with E-state index in [9.17, 15) is 4.79 Å². The lowest BCUT2D eigenvalue weighted by atomic mass is 9.98. The first-order valence-corrected chi connectivity index (χ1v) is 8.14. The first-order chi connectivity index (χ1) is 8.61. The zero-order valence-electron chi connectivity index (χ0n) is 10.5. The van der Waals surface area contributed by atoms with Gasteiger partial charge >= 0.3 is 0 Å². The van der Waals surface area contributed by atoms with Crippen molar-refractivity contribution in [2.75, 3.05) is 18.4 Å². The SMILES string of the molecule is Cc1ccc(Br)cc1C(=O)N1CCCC(CBr)C1. The normalized spacial score (nSPS) is 19.9. The lowest BCUT2D eigenvalue weighted by Gasteiger charge is -2.32. The number of aryl methyl sites for hydroxylation is 1. The molecule has 2 nitrogen and oxygen atoms in total. The van der Waals surface area contributed by atoms with E-state index in [2.05, 4.69) is 31.9 Å². The molecule has 1 heterocycles. The van der Waals surface area contributed by atoms with Gasteiger partial charge in [-0.05, 0) is 43.4 Å². The van der Waals surface area contributed by atoms with E-state index < -0.39 is 0 Å². The van der Waals surface area contributed by atoms with Crippen LogP contribution in [0.5, 0.6) is 0 Å². The summed E-state index contributed by atoms with van der Waals surface area (Å²) in [7, 11) is 0. The highest BCUT2D eigenvalue weighted by Crippen LogP contribution is 2.23. The molecular formula is C14H17Br2NO. The Kier molecular flexibility index (Phi) is 4.84. The number of hydrogen-bond acceptors (Lipinski definition) is 1. The van der Waals surface area contributed by atoms with Gasteiger partial charge in [0.2, 0.25) is 0 Å². The van der Waals surface area contributed by atoms with E-state index in [1.807, 2.05) is 30.0 Å². The van der Waals surface area contributed by atoms with E-state index in [0.29, 0.717) is 5.92 Å². The summed E-state index contributed by atoms with van der Waals surface area (Å²) in [5, 5.41) is 0.980. The molecule has 0 aliphatic carbocycles. The molecule has 1 atom stereocenters. The number of nitrogens with zero attached hydrogens (tertiary/aromatic N) is 1. The third-order valence-corrected chi connectivity index (χ3v) is 4.86. The number of hydrogen-bond donors (Lipinski definition) is 0. The van der Waals surface area contributed by atoms with Gasteiger partial charge in [-0.3, -0.25) is 4.79 Å². The smallest absolute Gasteiger partial charge is 0.254 e. The third kappa shape index (κ3) is 3.15. The summed E-state index contributed by atoms with van der Waals surface area (Å²) in [6.45, 7) is 3.75. The molecule has 0 N–H and O–H groups in total. The second-order valence-electron chi connectivity index (χ2n) is 4.87. The van der Waals surface area contributed by atoms with Crippen molar-refractivity contribution in [2.45, 2.75) is 19.8 Å². The van der Waals surface area contributed by atoms with Gasteiger partial charge in [0.15, 0.2) is 0 Å². The molecule has 0 saturated carbocycles. The van der Waals surface area contributed by atoms with Gasteiger partial charge in [-0.1, -0.05) is 37.9 Å². The summed E-state index contributed by atoms with van der Waals surface area (Å²) in [6.07, 6.45) is 2.32. The lowest BCUT2D eigenvalue weighted by Crippen LogP contribution is -2.40. The van der Waals surface area contributed by atoms with E-state index in [0.717, 1.165) is 40.4 Å². The fraction of sp³-hybridized carbons (Fsp3) is 0.500. The zero-order chi connectivity index (χ0) is 13.1. The Morgan fingerprint density at radius 1 is 1.50 bits per heavy atom. The fourth-order valence-corrected chi connectivity index (χ4v) is 3.26. The third-order valence-electron chi connectivity index (χ3n) is 3.45. The minimum atomic E-state index is 0.166. The van der Waals surface area contributed by atoms with Gasteiger partial charge in [0.25, 0.3) is 5.91 Å². The van der Waals surface area contributed by atoms with Crippen LogP contribution in [0, 0.1) is 12.8 Å². The standard InChI is InChI=1S/C14H17Br2NO/c1-10-4-5-12(16)7-13(10)14(18)17-6-2-3-11(8-15)9-17/h4-5,7,11H,2-3,6,8-9H2,1H3. The van der Waals surface area contributed by atoms with Crippen LogP contribution < -0.4 is 0 Å². The second-order valence-corrected chi connectivity index (χ2v) is 6.44. The highest BCUT2D eigenvalue weighted by Gasteiger charge is 2.24. The maximum absolute atomic E-state index is 12.5. The van der Waals surface area contributed by atoms with Crippen molar-refractivity contribution in [3.8, 4) is 0 Å². The molecule has 0 spiro atoms. The Balaban J connectivity index is 2.17. The first-order valence-electron chi connectivity index (χ1n) is 6.23. The zero-order valence-corrected chi connectivity index (χ0v) is 13.6. The minimum Gasteiger partial charge on any atom is -0.338 e. The molecule has 0 bridgehead atoms. The number of amides is 1. The molecule has 0 radical (unpaired) electrons. The largest absolute Gasteiger partial charge is 0.338 e. The molecule has 2 rings (SSSR count). The summed E-state index contributed by atoms with van der Waals surface area (Å²) in [5.41, 5.74) is 1.86. The molecular weight excluding hydrogens is 358 g/mol. The van der Waals surface area contributed by atoms with E-state index in [4.69, 9.17) is 0 Å². The summed E-state index contributed by atoms with van der Waals surface area (Å²) >= 11 is 6.96. The average molecular weight is 375 g/mol. The van der Waals surface area contributed by atoms with Gasteiger partial charge in [0.1, 0.15) is 0 Å². The van der Waals surface area contributed by atoms with Crippen LogP contribution in [0.2, 0.25) is 0 Å². The topological polar surface area (TPSA) is 20.3 Å². The second kappa shape index (κ2) is 6.20.